The smallest absolute Gasteiger partial charge is 0.118 e. The van der Waals surface area contributed by atoms with Crippen LogP contribution in [-0.4, -0.2) is 21.3 Å². The van der Waals surface area contributed by atoms with Crippen LogP contribution in [0, 0.1) is 0 Å². The summed E-state index contributed by atoms with van der Waals surface area (Å²) in [6, 6.07) is 24.8. The minimum atomic E-state index is 0.851. The first-order valence-electron chi connectivity index (χ1n) is 9.86. The molecule has 0 atom stereocenters. The van der Waals surface area contributed by atoms with E-state index in [0.29, 0.717) is 0 Å². The van der Waals surface area contributed by atoms with Crippen LogP contribution in [0.2, 0.25) is 0 Å². The van der Waals surface area contributed by atoms with Gasteiger partial charge in [-0.05, 0) is 70.7 Å². The highest BCUT2D eigenvalue weighted by Gasteiger charge is 2.14. The Hall–Kier alpha value is -3.20. The Morgan fingerprint density at radius 1 is 0.552 bits per heavy atom. The van der Waals surface area contributed by atoms with Crippen LogP contribution in [0.4, 0.5) is 0 Å². The van der Waals surface area contributed by atoms with E-state index in [1.165, 1.54) is 16.7 Å². The average Bonchev–Trinajstić information content (AvgIpc) is 2.79. The molecule has 3 rings (SSSR count). The number of methoxy groups -OCH3 is 3. The number of rotatable bonds is 8. The van der Waals surface area contributed by atoms with Gasteiger partial charge in [0.1, 0.15) is 17.2 Å². The molecule has 0 radical (unpaired) electrons. The quantitative estimate of drug-likeness (QED) is 0.414. The fourth-order valence-corrected chi connectivity index (χ4v) is 3.49. The van der Waals surface area contributed by atoms with E-state index in [-0.39, 0.29) is 0 Å². The monoisotopic (exact) mass is 388 g/mol. The number of ether oxygens (including phenoxy) is 3. The molecule has 0 aliphatic carbocycles. The predicted octanol–water partition coefficient (Wildman–Crippen LogP) is 6.47. The Kier molecular flexibility index (Phi) is 6.96. The highest BCUT2D eigenvalue weighted by atomic mass is 16.5. The van der Waals surface area contributed by atoms with Gasteiger partial charge in [0.15, 0.2) is 0 Å². The van der Waals surface area contributed by atoms with Gasteiger partial charge in [0.25, 0.3) is 0 Å². The molecule has 3 aromatic carbocycles. The maximum absolute atomic E-state index is 5.36. The lowest BCUT2D eigenvalue weighted by Gasteiger charge is -2.18. The van der Waals surface area contributed by atoms with Gasteiger partial charge in [0.05, 0.1) is 21.3 Å². The molecule has 3 heteroatoms. The molecule has 0 saturated carbocycles. The summed E-state index contributed by atoms with van der Waals surface area (Å²) < 4.78 is 16.1. The van der Waals surface area contributed by atoms with Crippen molar-refractivity contribution >= 4 is 11.1 Å². The Balaban J connectivity index is 2.21. The van der Waals surface area contributed by atoms with Crippen LogP contribution in [0.3, 0.4) is 0 Å². The Morgan fingerprint density at radius 2 is 0.897 bits per heavy atom. The highest BCUT2D eigenvalue weighted by molar-refractivity contribution is 5.98. The van der Waals surface area contributed by atoms with Crippen molar-refractivity contribution in [3.63, 3.8) is 0 Å². The molecule has 0 aliphatic rings. The van der Waals surface area contributed by atoms with Crippen LogP contribution in [0.5, 0.6) is 17.2 Å². The van der Waals surface area contributed by atoms with E-state index in [0.717, 1.165) is 41.2 Å². The second-order valence-corrected chi connectivity index (χ2v) is 6.79. The van der Waals surface area contributed by atoms with Crippen LogP contribution in [0.1, 0.15) is 36.5 Å². The number of allylic oxidation sites excluding steroid dienone is 1. The molecule has 0 saturated heterocycles. The molecule has 0 bridgehead atoms. The second kappa shape index (κ2) is 9.83. The summed E-state index contributed by atoms with van der Waals surface area (Å²) in [5, 5.41) is 0. The van der Waals surface area contributed by atoms with Crippen molar-refractivity contribution in [2.45, 2.75) is 19.8 Å². The minimum absolute atomic E-state index is 0.851. The lowest BCUT2D eigenvalue weighted by atomic mass is 9.87. The SMILES string of the molecule is CCCC(=C(c1ccc(OC)cc1)c1ccc(OC)cc1)c1ccc(OC)cc1. The Morgan fingerprint density at radius 3 is 1.21 bits per heavy atom. The fraction of sp³-hybridized carbons (Fsp3) is 0.231. The first-order valence-corrected chi connectivity index (χ1v) is 9.86. The number of benzene rings is 3. The predicted molar refractivity (Wildman–Crippen MR) is 120 cm³/mol. The molecule has 0 N–H and O–H groups in total. The first-order chi connectivity index (χ1) is 14.2. The molecule has 0 spiro atoms. The summed E-state index contributed by atoms with van der Waals surface area (Å²) in [4.78, 5) is 0. The van der Waals surface area contributed by atoms with Gasteiger partial charge in [-0.2, -0.15) is 0 Å². The summed E-state index contributed by atoms with van der Waals surface area (Å²) in [6.07, 6.45) is 2.02. The minimum Gasteiger partial charge on any atom is -0.497 e. The largest absolute Gasteiger partial charge is 0.497 e. The van der Waals surface area contributed by atoms with Gasteiger partial charge in [-0.15, -0.1) is 0 Å². The van der Waals surface area contributed by atoms with Crippen LogP contribution in [-0.2, 0) is 0 Å². The lowest BCUT2D eigenvalue weighted by Crippen LogP contribution is -1.97. The van der Waals surface area contributed by atoms with Gasteiger partial charge in [-0.1, -0.05) is 49.7 Å². The molecule has 0 amide bonds. The molecule has 150 valence electrons. The van der Waals surface area contributed by atoms with Gasteiger partial charge in [-0.3, -0.25) is 0 Å². The van der Waals surface area contributed by atoms with Crippen LogP contribution < -0.4 is 14.2 Å². The number of hydrogen-bond donors (Lipinski definition) is 0. The molecule has 0 aromatic heterocycles. The van der Waals surface area contributed by atoms with Gasteiger partial charge in [0, 0.05) is 0 Å². The van der Waals surface area contributed by atoms with Gasteiger partial charge in [-0.25, -0.2) is 0 Å². The van der Waals surface area contributed by atoms with Crippen LogP contribution in [0.25, 0.3) is 11.1 Å². The summed E-state index contributed by atoms with van der Waals surface area (Å²) >= 11 is 0. The van der Waals surface area contributed by atoms with Crippen LogP contribution in [0.15, 0.2) is 72.8 Å². The third-order valence-corrected chi connectivity index (χ3v) is 5.00. The summed E-state index contributed by atoms with van der Waals surface area (Å²) in [7, 11) is 5.07. The third-order valence-electron chi connectivity index (χ3n) is 5.00. The standard InChI is InChI=1S/C26H28O3/c1-5-6-25(19-7-13-22(27-2)14-8-19)26(20-9-15-23(28-3)16-10-20)21-11-17-24(29-4)18-12-21/h7-18H,5-6H2,1-4H3. The average molecular weight is 389 g/mol. The van der Waals surface area contributed by atoms with E-state index in [1.807, 2.05) is 36.4 Å². The maximum Gasteiger partial charge on any atom is 0.118 e. The van der Waals surface area contributed by atoms with E-state index in [4.69, 9.17) is 14.2 Å². The van der Waals surface area contributed by atoms with Crippen LogP contribution >= 0.6 is 0 Å². The molecule has 0 heterocycles. The maximum atomic E-state index is 5.36. The topological polar surface area (TPSA) is 27.7 Å². The van der Waals surface area contributed by atoms with E-state index >= 15 is 0 Å². The second-order valence-electron chi connectivity index (χ2n) is 6.79. The summed E-state index contributed by atoms with van der Waals surface area (Å²) in [5.74, 6) is 2.56. The summed E-state index contributed by atoms with van der Waals surface area (Å²) in [6.45, 7) is 2.21. The molecular weight excluding hydrogens is 360 g/mol. The summed E-state index contributed by atoms with van der Waals surface area (Å²) in [5.41, 5.74) is 6.06. The zero-order valence-corrected chi connectivity index (χ0v) is 17.6. The van der Waals surface area contributed by atoms with Gasteiger partial charge >= 0.3 is 0 Å². The zero-order chi connectivity index (χ0) is 20.6. The fourth-order valence-electron chi connectivity index (χ4n) is 3.49. The molecule has 29 heavy (non-hydrogen) atoms. The third kappa shape index (κ3) is 4.80. The van der Waals surface area contributed by atoms with Crippen molar-refractivity contribution in [2.24, 2.45) is 0 Å². The van der Waals surface area contributed by atoms with Crippen molar-refractivity contribution < 1.29 is 14.2 Å². The van der Waals surface area contributed by atoms with Crippen molar-refractivity contribution in [3.05, 3.63) is 89.5 Å². The van der Waals surface area contributed by atoms with Crippen molar-refractivity contribution in [2.75, 3.05) is 21.3 Å². The van der Waals surface area contributed by atoms with Crippen molar-refractivity contribution in [3.8, 4) is 17.2 Å². The van der Waals surface area contributed by atoms with E-state index < -0.39 is 0 Å². The van der Waals surface area contributed by atoms with Crippen molar-refractivity contribution in [1.82, 2.24) is 0 Å². The first kappa shape index (κ1) is 20.5. The molecule has 0 unspecified atom stereocenters. The highest BCUT2D eigenvalue weighted by Crippen LogP contribution is 2.36. The number of hydrogen-bond acceptors (Lipinski definition) is 3. The van der Waals surface area contributed by atoms with E-state index in [1.54, 1.807) is 21.3 Å². The zero-order valence-electron chi connectivity index (χ0n) is 17.6. The van der Waals surface area contributed by atoms with Gasteiger partial charge in [0.2, 0.25) is 0 Å². The Labute approximate surface area is 173 Å². The van der Waals surface area contributed by atoms with Crippen molar-refractivity contribution in [1.29, 1.82) is 0 Å². The normalized spacial score (nSPS) is 10.3. The van der Waals surface area contributed by atoms with E-state index in [2.05, 4.69) is 43.3 Å². The molecular formula is C26H28O3. The molecule has 3 nitrogen and oxygen atoms in total. The molecule has 0 aliphatic heterocycles. The molecule has 3 aromatic rings. The van der Waals surface area contributed by atoms with Gasteiger partial charge < -0.3 is 14.2 Å². The Bertz CT molecular complexity index is 887. The molecule has 0 fully saturated rings. The van der Waals surface area contributed by atoms with E-state index in [9.17, 15) is 0 Å². The lowest BCUT2D eigenvalue weighted by molar-refractivity contribution is 0.414.